The Hall–Kier alpha value is -3.74. The maximum Gasteiger partial charge on any atom is 0.295 e. The molecule has 0 aliphatic heterocycles. The van der Waals surface area contributed by atoms with Crippen LogP contribution in [0, 0.1) is 0 Å². The molecular formula is C24H21F2N3O2. The third kappa shape index (κ3) is 4.55. The zero-order valence-corrected chi connectivity index (χ0v) is 16.8. The highest BCUT2D eigenvalue weighted by Crippen LogP contribution is 2.26. The maximum absolute atomic E-state index is 13.0. The van der Waals surface area contributed by atoms with E-state index in [9.17, 15) is 13.6 Å². The molecule has 2 N–H and O–H groups in total. The van der Waals surface area contributed by atoms with Crippen LogP contribution in [0.1, 0.15) is 46.7 Å². The molecule has 7 heteroatoms. The summed E-state index contributed by atoms with van der Waals surface area (Å²) < 4.78 is 31.3. The van der Waals surface area contributed by atoms with Crippen LogP contribution < -0.4 is 10.1 Å². The van der Waals surface area contributed by atoms with E-state index in [2.05, 4.69) is 15.3 Å². The van der Waals surface area contributed by atoms with Gasteiger partial charge in [-0.2, -0.15) is 0 Å². The van der Waals surface area contributed by atoms with Gasteiger partial charge in [-0.25, -0.2) is 13.8 Å². The summed E-state index contributed by atoms with van der Waals surface area (Å²) in [5.41, 5.74) is 2.94. The first-order chi connectivity index (χ1) is 15.0. The van der Waals surface area contributed by atoms with E-state index in [-0.39, 0.29) is 5.91 Å². The zero-order valence-electron chi connectivity index (χ0n) is 16.8. The van der Waals surface area contributed by atoms with Crippen molar-refractivity contribution >= 4 is 16.9 Å². The van der Waals surface area contributed by atoms with E-state index in [0.29, 0.717) is 23.2 Å². The number of alkyl halides is 2. The first-order valence-corrected chi connectivity index (χ1v) is 9.91. The minimum absolute atomic E-state index is 0.321. The Morgan fingerprint density at radius 1 is 1.03 bits per heavy atom. The largest absolute Gasteiger partial charge is 0.494 e. The molecule has 0 aliphatic carbocycles. The summed E-state index contributed by atoms with van der Waals surface area (Å²) in [7, 11) is 0. The van der Waals surface area contributed by atoms with Gasteiger partial charge in [0.25, 0.3) is 12.3 Å². The maximum atomic E-state index is 13.0. The fourth-order valence-electron chi connectivity index (χ4n) is 3.42. The van der Waals surface area contributed by atoms with Gasteiger partial charge in [0.15, 0.2) is 5.82 Å². The Morgan fingerprint density at radius 2 is 1.74 bits per heavy atom. The van der Waals surface area contributed by atoms with Crippen LogP contribution >= 0.6 is 0 Å². The van der Waals surface area contributed by atoms with Crippen LogP contribution in [-0.4, -0.2) is 22.5 Å². The summed E-state index contributed by atoms with van der Waals surface area (Å²) in [5, 5.41) is 3.05. The van der Waals surface area contributed by atoms with Crippen LogP contribution in [0.2, 0.25) is 0 Å². The van der Waals surface area contributed by atoms with E-state index in [1.54, 1.807) is 12.1 Å². The third-order valence-electron chi connectivity index (χ3n) is 4.90. The van der Waals surface area contributed by atoms with Crippen molar-refractivity contribution in [3.8, 4) is 5.75 Å². The fraction of sp³-hybridized carbons (Fsp3) is 0.167. The van der Waals surface area contributed by atoms with Crippen LogP contribution in [0.3, 0.4) is 0 Å². The fourth-order valence-corrected chi connectivity index (χ4v) is 3.42. The minimum atomic E-state index is -2.70. The molecule has 3 aromatic carbocycles. The van der Waals surface area contributed by atoms with Gasteiger partial charge >= 0.3 is 0 Å². The first kappa shape index (κ1) is 20.5. The lowest BCUT2D eigenvalue weighted by atomic mass is 9.98. The second kappa shape index (κ2) is 8.95. The molecule has 0 saturated heterocycles. The number of hydrogen-bond acceptors (Lipinski definition) is 3. The number of aromatic nitrogens is 2. The molecule has 0 saturated carbocycles. The van der Waals surface area contributed by atoms with Gasteiger partial charge in [0.2, 0.25) is 0 Å². The average Bonchev–Trinajstić information content (AvgIpc) is 3.23. The van der Waals surface area contributed by atoms with Gasteiger partial charge < -0.3 is 15.0 Å². The molecular weight excluding hydrogens is 400 g/mol. The zero-order chi connectivity index (χ0) is 21.8. The van der Waals surface area contributed by atoms with Crippen molar-refractivity contribution in [2.75, 3.05) is 6.61 Å². The number of ether oxygens (including phenoxy) is 1. The lowest BCUT2D eigenvalue weighted by Gasteiger charge is -2.20. The molecule has 1 atom stereocenters. The molecule has 0 fully saturated rings. The number of nitrogens with zero attached hydrogens (tertiary/aromatic N) is 1. The molecule has 158 valence electrons. The molecule has 0 aliphatic rings. The second-order valence-electron chi connectivity index (χ2n) is 6.97. The predicted octanol–water partition coefficient (Wildman–Crippen LogP) is 5.42. The van der Waals surface area contributed by atoms with E-state index in [1.165, 1.54) is 6.07 Å². The van der Waals surface area contributed by atoms with Gasteiger partial charge in [-0.05, 0) is 48.4 Å². The van der Waals surface area contributed by atoms with Crippen LogP contribution in [0.4, 0.5) is 8.78 Å². The summed E-state index contributed by atoms with van der Waals surface area (Å²) >= 11 is 0. The quantitative estimate of drug-likeness (QED) is 0.419. The molecule has 4 aromatic rings. The highest BCUT2D eigenvalue weighted by Gasteiger charge is 2.19. The Bertz CT molecular complexity index is 1170. The monoisotopic (exact) mass is 421 g/mol. The Kier molecular flexibility index (Phi) is 5.93. The molecule has 0 radical (unpaired) electrons. The summed E-state index contributed by atoms with van der Waals surface area (Å²) in [6.07, 6.45) is -2.70. The second-order valence-corrected chi connectivity index (χ2v) is 6.97. The lowest BCUT2D eigenvalue weighted by Crippen LogP contribution is -2.29. The minimum Gasteiger partial charge on any atom is -0.494 e. The van der Waals surface area contributed by atoms with Gasteiger partial charge in [-0.3, -0.25) is 4.79 Å². The molecule has 1 aromatic heterocycles. The number of hydrogen-bond donors (Lipinski definition) is 2. The number of nitrogens with one attached hydrogen (secondary N) is 2. The number of H-pyrrole nitrogens is 1. The number of imidazole rings is 1. The molecule has 4 rings (SSSR count). The first-order valence-electron chi connectivity index (χ1n) is 9.91. The molecule has 31 heavy (non-hydrogen) atoms. The Labute approximate surface area is 178 Å². The topological polar surface area (TPSA) is 67.0 Å². The molecule has 1 heterocycles. The molecule has 0 spiro atoms. The summed E-state index contributed by atoms with van der Waals surface area (Å²) in [4.78, 5) is 19.5. The lowest BCUT2D eigenvalue weighted by molar-refractivity contribution is 0.0943. The number of fused-ring (bicyclic) bond motifs is 1. The number of carbonyl (C=O) groups excluding carboxylic acids is 1. The average molecular weight is 421 g/mol. The van der Waals surface area contributed by atoms with Crippen LogP contribution in [0.15, 0.2) is 72.8 Å². The van der Waals surface area contributed by atoms with E-state index in [1.807, 2.05) is 61.5 Å². The van der Waals surface area contributed by atoms with Gasteiger partial charge in [0.1, 0.15) is 5.75 Å². The highest BCUT2D eigenvalue weighted by molar-refractivity contribution is 5.97. The normalized spacial score (nSPS) is 12.1. The van der Waals surface area contributed by atoms with Crippen molar-refractivity contribution in [3.05, 3.63) is 95.3 Å². The van der Waals surface area contributed by atoms with Crippen LogP contribution in [-0.2, 0) is 0 Å². The smallest absolute Gasteiger partial charge is 0.295 e. The van der Waals surface area contributed by atoms with Gasteiger partial charge in [0.05, 0.1) is 23.7 Å². The molecule has 0 bridgehead atoms. The van der Waals surface area contributed by atoms with Crippen molar-refractivity contribution in [2.24, 2.45) is 0 Å². The summed E-state index contributed by atoms with van der Waals surface area (Å²) in [6, 6.07) is 21.4. The number of rotatable bonds is 7. The van der Waals surface area contributed by atoms with Crippen molar-refractivity contribution in [2.45, 2.75) is 19.4 Å². The molecule has 1 unspecified atom stereocenters. The summed E-state index contributed by atoms with van der Waals surface area (Å²) in [5.74, 6) is 0.0193. The number of amides is 1. The Morgan fingerprint density at radius 3 is 2.42 bits per heavy atom. The van der Waals surface area contributed by atoms with E-state index in [4.69, 9.17) is 4.74 Å². The molecule has 1 amide bonds. The van der Waals surface area contributed by atoms with Crippen LogP contribution in [0.25, 0.3) is 11.0 Å². The van der Waals surface area contributed by atoms with Crippen molar-refractivity contribution in [1.82, 2.24) is 15.3 Å². The van der Waals surface area contributed by atoms with Crippen LogP contribution in [0.5, 0.6) is 5.75 Å². The van der Waals surface area contributed by atoms with Gasteiger partial charge in [0, 0.05) is 5.56 Å². The standard InChI is InChI=1S/C24H21F2N3O2/c1-2-31-18-11-8-16(9-12-18)21(15-6-4-3-5-7-15)29-24(30)17-10-13-19-20(14-17)28-23(27-19)22(25)26/h3-14,21-22H,2H2,1H3,(H,27,28)(H,29,30). The van der Waals surface area contributed by atoms with Crippen molar-refractivity contribution in [3.63, 3.8) is 0 Å². The van der Waals surface area contributed by atoms with Crippen molar-refractivity contribution in [1.29, 1.82) is 0 Å². The van der Waals surface area contributed by atoms with Gasteiger partial charge in [-0.15, -0.1) is 0 Å². The molecule has 5 nitrogen and oxygen atoms in total. The van der Waals surface area contributed by atoms with Crippen molar-refractivity contribution < 1.29 is 18.3 Å². The number of benzene rings is 3. The SMILES string of the molecule is CCOc1ccc(C(NC(=O)c2ccc3nc(C(F)F)[nH]c3c2)c2ccccc2)cc1. The van der Waals surface area contributed by atoms with E-state index < -0.39 is 18.3 Å². The highest BCUT2D eigenvalue weighted by atomic mass is 19.3. The predicted molar refractivity (Wildman–Crippen MR) is 114 cm³/mol. The van der Waals surface area contributed by atoms with E-state index >= 15 is 0 Å². The number of carbonyl (C=O) groups is 1. The third-order valence-corrected chi connectivity index (χ3v) is 4.90. The van der Waals surface area contributed by atoms with Gasteiger partial charge in [-0.1, -0.05) is 42.5 Å². The number of halogens is 2. The summed E-state index contributed by atoms with van der Waals surface area (Å²) in [6.45, 7) is 2.49. The van der Waals surface area contributed by atoms with E-state index in [0.717, 1.165) is 16.9 Å². The number of aromatic amines is 1. The Balaban J connectivity index is 1.63.